The summed E-state index contributed by atoms with van der Waals surface area (Å²) in [5.74, 6) is -0.520. The van der Waals surface area contributed by atoms with E-state index in [1.807, 2.05) is 18.2 Å². The van der Waals surface area contributed by atoms with Crippen LogP contribution in [0.3, 0.4) is 0 Å². The van der Waals surface area contributed by atoms with Crippen molar-refractivity contribution < 1.29 is 9.90 Å². The average Bonchev–Trinajstić information content (AvgIpc) is 2.84. The molecule has 0 aromatic heterocycles. The largest absolute Gasteiger partial charge is 0.506 e. The van der Waals surface area contributed by atoms with Crippen LogP contribution in [-0.4, -0.2) is 11.0 Å². The molecule has 1 aliphatic carbocycles. The van der Waals surface area contributed by atoms with Crippen molar-refractivity contribution in [3.05, 3.63) is 63.1 Å². The average molecular weight is 322 g/mol. The molecule has 0 bridgehead atoms. The second-order valence-electron chi connectivity index (χ2n) is 5.04. The zero-order chi connectivity index (χ0) is 15.0. The van der Waals surface area contributed by atoms with Crippen molar-refractivity contribution >= 4 is 29.1 Å². The summed E-state index contributed by atoms with van der Waals surface area (Å²) < 4.78 is 0. The first-order valence-electron chi connectivity index (χ1n) is 6.63. The van der Waals surface area contributed by atoms with Gasteiger partial charge in [0.15, 0.2) is 0 Å². The summed E-state index contributed by atoms with van der Waals surface area (Å²) in [6.45, 7) is 0. The number of para-hydroxylation sites is 1. The summed E-state index contributed by atoms with van der Waals surface area (Å²) in [5, 5.41) is 13.7. The van der Waals surface area contributed by atoms with Gasteiger partial charge < -0.3 is 10.4 Å². The third kappa shape index (κ3) is 2.71. The molecule has 3 nitrogen and oxygen atoms in total. The van der Waals surface area contributed by atoms with Gasteiger partial charge in [-0.3, -0.25) is 4.79 Å². The number of fused-ring (bicyclic) bond motifs is 1. The molecule has 1 atom stereocenters. The van der Waals surface area contributed by atoms with Gasteiger partial charge in [-0.05, 0) is 48.2 Å². The van der Waals surface area contributed by atoms with Crippen LogP contribution < -0.4 is 5.32 Å². The van der Waals surface area contributed by atoms with Crippen LogP contribution in [0.2, 0.25) is 10.0 Å². The van der Waals surface area contributed by atoms with Crippen molar-refractivity contribution in [2.75, 3.05) is 0 Å². The number of hydrogen-bond donors (Lipinski definition) is 2. The Kier molecular flexibility index (Phi) is 3.79. The van der Waals surface area contributed by atoms with E-state index in [9.17, 15) is 9.90 Å². The van der Waals surface area contributed by atoms with Gasteiger partial charge in [0, 0.05) is 5.02 Å². The maximum atomic E-state index is 12.3. The zero-order valence-electron chi connectivity index (χ0n) is 11.1. The first-order chi connectivity index (χ1) is 10.1. The Morgan fingerprint density at radius 3 is 2.86 bits per heavy atom. The Bertz CT molecular complexity index is 715. The number of phenols is 1. The zero-order valence-corrected chi connectivity index (χ0v) is 12.6. The monoisotopic (exact) mass is 321 g/mol. The van der Waals surface area contributed by atoms with Crippen LogP contribution in [0.15, 0.2) is 36.4 Å². The highest BCUT2D eigenvalue weighted by Gasteiger charge is 2.25. The quantitative estimate of drug-likeness (QED) is 0.874. The Hall–Kier alpha value is -1.71. The molecule has 2 aromatic carbocycles. The minimum atomic E-state index is -0.331. The standard InChI is InChI=1S/C16H13Cl2NO2/c17-10-5-6-11-9(8-10)4-7-14(11)19-16(21)12-2-1-3-13(18)15(12)20/h1-3,5-6,8,14,20H,4,7H2,(H,19,21)/t14-/m1/s1. The molecular formula is C16H13Cl2NO2. The number of amides is 1. The number of phenolic OH excluding ortho intramolecular Hbond substituents is 1. The van der Waals surface area contributed by atoms with Crippen molar-refractivity contribution in [2.45, 2.75) is 18.9 Å². The van der Waals surface area contributed by atoms with Crippen LogP contribution in [0, 0.1) is 0 Å². The number of benzene rings is 2. The Labute approximate surface area is 132 Å². The normalized spacial score (nSPS) is 16.6. The van der Waals surface area contributed by atoms with E-state index in [0.29, 0.717) is 5.02 Å². The fraction of sp³-hybridized carbons (Fsp3) is 0.188. The summed E-state index contributed by atoms with van der Waals surface area (Å²) in [7, 11) is 0. The van der Waals surface area contributed by atoms with Crippen LogP contribution in [-0.2, 0) is 6.42 Å². The summed E-state index contributed by atoms with van der Waals surface area (Å²) in [4.78, 5) is 12.3. The van der Waals surface area contributed by atoms with Gasteiger partial charge in [0.1, 0.15) is 5.75 Å². The van der Waals surface area contributed by atoms with Crippen LogP contribution in [0.25, 0.3) is 0 Å². The maximum absolute atomic E-state index is 12.3. The molecule has 21 heavy (non-hydrogen) atoms. The number of nitrogens with one attached hydrogen (secondary N) is 1. The summed E-state index contributed by atoms with van der Waals surface area (Å²) in [6, 6.07) is 10.4. The van der Waals surface area contributed by atoms with Crippen LogP contribution in [0.4, 0.5) is 0 Å². The molecule has 0 saturated carbocycles. The number of carbonyl (C=O) groups is 1. The van der Waals surface area contributed by atoms with E-state index < -0.39 is 0 Å². The third-order valence-electron chi connectivity index (χ3n) is 3.72. The lowest BCUT2D eigenvalue weighted by atomic mass is 10.1. The lowest BCUT2D eigenvalue weighted by Crippen LogP contribution is -2.27. The molecule has 0 heterocycles. The Morgan fingerprint density at radius 2 is 2.05 bits per heavy atom. The number of carbonyl (C=O) groups excluding carboxylic acids is 1. The first kappa shape index (κ1) is 14.2. The van der Waals surface area contributed by atoms with Crippen molar-refractivity contribution in [2.24, 2.45) is 0 Å². The SMILES string of the molecule is O=C(N[C@@H]1CCc2cc(Cl)ccc21)c1cccc(Cl)c1O. The molecular weight excluding hydrogens is 309 g/mol. The van der Waals surface area contributed by atoms with Gasteiger partial charge in [-0.1, -0.05) is 35.3 Å². The molecule has 0 unspecified atom stereocenters. The molecule has 108 valence electrons. The van der Waals surface area contributed by atoms with E-state index in [-0.39, 0.29) is 28.3 Å². The van der Waals surface area contributed by atoms with Crippen molar-refractivity contribution in [3.63, 3.8) is 0 Å². The second kappa shape index (κ2) is 5.58. The fourth-order valence-corrected chi connectivity index (χ4v) is 3.04. The highest BCUT2D eigenvalue weighted by atomic mass is 35.5. The molecule has 0 saturated heterocycles. The van der Waals surface area contributed by atoms with Gasteiger partial charge in [-0.15, -0.1) is 0 Å². The van der Waals surface area contributed by atoms with E-state index >= 15 is 0 Å². The number of hydrogen-bond acceptors (Lipinski definition) is 2. The topological polar surface area (TPSA) is 49.3 Å². The molecule has 0 spiro atoms. The summed E-state index contributed by atoms with van der Waals surface area (Å²) >= 11 is 11.8. The van der Waals surface area contributed by atoms with E-state index in [2.05, 4.69) is 5.32 Å². The fourth-order valence-electron chi connectivity index (χ4n) is 2.67. The molecule has 0 radical (unpaired) electrons. The highest BCUT2D eigenvalue weighted by Crippen LogP contribution is 2.34. The smallest absolute Gasteiger partial charge is 0.255 e. The molecule has 5 heteroatoms. The highest BCUT2D eigenvalue weighted by molar-refractivity contribution is 6.32. The molecule has 1 aliphatic rings. The molecule has 2 aromatic rings. The van der Waals surface area contributed by atoms with Gasteiger partial charge in [-0.25, -0.2) is 0 Å². The lowest BCUT2D eigenvalue weighted by Gasteiger charge is -2.15. The Morgan fingerprint density at radius 1 is 1.24 bits per heavy atom. The predicted octanol–water partition coefficient (Wildman–Crippen LogP) is 4.12. The van der Waals surface area contributed by atoms with Crippen molar-refractivity contribution in [1.29, 1.82) is 0 Å². The molecule has 2 N–H and O–H groups in total. The second-order valence-corrected chi connectivity index (χ2v) is 5.89. The number of rotatable bonds is 2. The van der Waals surface area contributed by atoms with Gasteiger partial charge >= 0.3 is 0 Å². The van der Waals surface area contributed by atoms with E-state index in [1.165, 1.54) is 0 Å². The van der Waals surface area contributed by atoms with Gasteiger partial charge in [-0.2, -0.15) is 0 Å². The van der Waals surface area contributed by atoms with Crippen LogP contribution >= 0.6 is 23.2 Å². The van der Waals surface area contributed by atoms with Gasteiger partial charge in [0.2, 0.25) is 0 Å². The third-order valence-corrected chi connectivity index (χ3v) is 4.26. The maximum Gasteiger partial charge on any atom is 0.255 e. The van der Waals surface area contributed by atoms with Gasteiger partial charge in [0.05, 0.1) is 16.6 Å². The molecule has 3 rings (SSSR count). The van der Waals surface area contributed by atoms with E-state index in [1.54, 1.807) is 18.2 Å². The lowest BCUT2D eigenvalue weighted by molar-refractivity contribution is 0.0934. The molecule has 0 aliphatic heterocycles. The van der Waals surface area contributed by atoms with Gasteiger partial charge in [0.25, 0.3) is 5.91 Å². The first-order valence-corrected chi connectivity index (χ1v) is 7.38. The van der Waals surface area contributed by atoms with E-state index in [4.69, 9.17) is 23.2 Å². The van der Waals surface area contributed by atoms with Crippen molar-refractivity contribution in [3.8, 4) is 5.75 Å². The van der Waals surface area contributed by atoms with Crippen LogP contribution in [0.1, 0.15) is 33.9 Å². The predicted molar refractivity (Wildman–Crippen MR) is 83.1 cm³/mol. The number of halogens is 2. The Balaban J connectivity index is 1.83. The molecule has 0 fully saturated rings. The summed E-state index contributed by atoms with van der Waals surface area (Å²) in [5.41, 5.74) is 2.42. The van der Waals surface area contributed by atoms with Crippen LogP contribution in [0.5, 0.6) is 5.75 Å². The van der Waals surface area contributed by atoms with E-state index in [0.717, 1.165) is 24.0 Å². The molecule has 1 amide bonds. The van der Waals surface area contributed by atoms with Crippen molar-refractivity contribution in [1.82, 2.24) is 5.32 Å². The minimum Gasteiger partial charge on any atom is -0.506 e. The number of aryl methyl sites for hydroxylation is 1. The number of aromatic hydroxyl groups is 1. The minimum absolute atomic E-state index is 0.0665. The summed E-state index contributed by atoms with van der Waals surface area (Å²) in [6.07, 6.45) is 1.70.